The van der Waals surface area contributed by atoms with Crippen molar-refractivity contribution in [2.24, 2.45) is 0 Å². The number of phenolic OH excluding ortho intramolecular Hbond substituents is 1. The van der Waals surface area contributed by atoms with Crippen LogP contribution >= 0.6 is 0 Å². The van der Waals surface area contributed by atoms with Crippen molar-refractivity contribution in [1.29, 1.82) is 0 Å². The molecule has 39 heavy (non-hydrogen) atoms. The number of carbonyl (C=O) groups excluding carboxylic acids is 3. The molecule has 0 aromatic heterocycles. The fraction of sp³-hybridized carbons (Fsp3) is 0.129. The normalized spacial score (nSPS) is 11.7. The van der Waals surface area contributed by atoms with E-state index in [0.717, 1.165) is 5.39 Å². The summed E-state index contributed by atoms with van der Waals surface area (Å²) in [6, 6.07) is 25.9. The van der Waals surface area contributed by atoms with E-state index in [1.165, 1.54) is 6.08 Å². The van der Waals surface area contributed by atoms with Gasteiger partial charge < -0.3 is 20.9 Å². The van der Waals surface area contributed by atoms with Gasteiger partial charge in [-0.25, -0.2) is 4.79 Å². The number of hydrogen-bond donors (Lipinski definition) is 4. The van der Waals surface area contributed by atoms with Gasteiger partial charge >= 0.3 is 6.09 Å². The molecule has 4 aromatic carbocycles. The summed E-state index contributed by atoms with van der Waals surface area (Å²) < 4.78 is 5.73. The molecule has 4 rings (SSSR count). The molecular weight excluding hydrogens is 494 g/mol. The average Bonchev–Trinajstić information content (AvgIpc) is 2.94. The number of imide groups is 1. The number of nitrogen functional groups attached to an aromatic ring is 1. The van der Waals surface area contributed by atoms with Gasteiger partial charge in [-0.1, -0.05) is 66.7 Å². The summed E-state index contributed by atoms with van der Waals surface area (Å²) in [5.41, 5.74) is 7.91. The van der Waals surface area contributed by atoms with Crippen LogP contribution in [0.1, 0.15) is 41.3 Å². The molecule has 4 aromatic rings. The van der Waals surface area contributed by atoms with Crippen molar-refractivity contribution < 1.29 is 24.2 Å². The minimum absolute atomic E-state index is 0.116. The molecule has 0 saturated carbocycles. The highest BCUT2D eigenvalue weighted by Gasteiger charge is 2.21. The summed E-state index contributed by atoms with van der Waals surface area (Å²) >= 11 is 0. The van der Waals surface area contributed by atoms with Crippen LogP contribution in [0.2, 0.25) is 0 Å². The summed E-state index contributed by atoms with van der Waals surface area (Å²) in [4.78, 5) is 37.4. The number of phenols is 1. The molecule has 0 bridgehead atoms. The number of aromatic hydroxyl groups is 1. The van der Waals surface area contributed by atoms with Crippen molar-refractivity contribution in [2.75, 3.05) is 11.1 Å². The second-order valence-electron chi connectivity index (χ2n) is 8.84. The number of carbonyl (C=O) groups is 3. The van der Waals surface area contributed by atoms with Crippen LogP contribution in [0.15, 0.2) is 103 Å². The summed E-state index contributed by atoms with van der Waals surface area (Å²) in [5.74, 6) is -0.753. The molecule has 8 nitrogen and oxygen atoms in total. The molecule has 8 heteroatoms. The quantitative estimate of drug-likeness (QED) is 0.119. The number of alkyl carbamates (subject to hydrolysis) is 1. The fourth-order valence-electron chi connectivity index (χ4n) is 4.17. The number of benzene rings is 4. The molecule has 198 valence electrons. The average molecular weight is 524 g/mol. The Balaban J connectivity index is 1.43. The number of fused-ring (bicyclic) bond motifs is 1. The third kappa shape index (κ3) is 7.23. The zero-order chi connectivity index (χ0) is 27.6. The molecule has 0 spiro atoms. The third-order valence-corrected chi connectivity index (χ3v) is 6.11. The van der Waals surface area contributed by atoms with Gasteiger partial charge in [-0.05, 0) is 61.1 Å². The lowest BCUT2D eigenvalue weighted by atomic mass is 9.96. The first kappa shape index (κ1) is 26.9. The molecule has 0 unspecified atom stereocenters. The van der Waals surface area contributed by atoms with E-state index in [0.29, 0.717) is 47.2 Å². The van der Waals surface area contributed by atoms with Crippen LogP contribution in [0.3, 0.4) is 0 Å². The number of anilines is 2. The highest BCUT2D eigenvalue weighted by molar-refractivity contribution is 6.03. The summed E-state index contributed by atoms with van der Waals surface area (Å²) in [6.45, 7) is 0. The minimum Gasteiger partial charge on any atom is -0.507 e. The largest absolute Gasteiger partial charge is 0.507 e. The molecule has 0 aliphatic heterocycles. The molecule has 0 fully saturated rings. The van der Waals surface area contributed by atoms with E-state index in [2.05, 4.69) is 10.6 Å². The Hall–Kier alpha value is -5.11. The molecule has 0 saturated heterocycles. The monoisotopic (exact) mass is 523 g/mol. The van der Waals surface area contributed by atoms with E-state index in [9.17, 15) is 19.5 Å². The van der Waals surface area contributed by atoms with E-state index >= 15 is 0 Å². The Bertz CT molecular complexity index is 1500. The minimum atomic E-state index is -0.874. The molecule has 3 amide bonds. The van der Waals surface area contributed by atoms with Gasteiger partial charge in [-0.3, -0.25) is 14.9 Å². The van der Waals surface area contributed by atoms with E-state index in [-0.39, 0.29) is 11.7 Å². The zero-order valence-corrected chi connectivity index (χ0v) is 21.2. The Labute approximate surface area is 226 Å². The first-order chi connectivity index (χ1) is 18.9. The summed E-state index contributed by atoms with van der Waals surface area (Å²) in [7, 11) is 0. The predicted octanol–water partition coefficient (Wildman–Crippen LogP) is 6.10. The van der Waals surface area contributed by atoms with Crippen LogP contribution in [-0.2, 0) is 9.53 Å². The van der Waals surface area contributed by atoms with Crippen LogP contribution in [0.5, 0.6) is 5.75 Å². The first-order valence-corrected chi connectivity index (χ1v) is 12.5. The number of rotatable bonds is 9. The van der Waals surface area contributed by atoms with Crippen molar-refractivity contribution in [3.8, 4) is 5.75 Å². The van der Waals surface area contributed by atoms with Gasteiger partial charge in [0, 0.05) is 16.5 Å². The van der Waals surface area contributed by atoms with Crippen LogP contribution in [0.25, 0.3) is 10.8 Å². The SMILES string of the molecule is Nc1ccccc1NC(=O)/C=C/CCC[C@@H](OC(=O)NC(=O)c1ccccc1)c1ccc(O)c2ccccc12. The maximum atomic E-state index is 12.7. The van der Waals surface area contributed by atoms with Gasteiger partial charge in [0.25, 0.3) is 5.91 Å². The molecule has 1 atom stereocenters. The van der Waals surface area contributed by atoms with Gasteiger partial charge in [0.15, 0.2) is 0 Å². The molecule has 5 N–H and O–H groups in total. The highest BCUT2D eigenvalue weighted by atomic mass is 16.6. The van der Waals surface area contributed by atoms with Crippen LogP contribution < -0.4 is 16.4 Å². The first-order valence-electron chi connectivity index (χ1n) is 12.5. The summed E-state index contributed by atoms with van der Waals surface area (Å²) in [5, 5.41) is 16.7. The fourth-order valence-corrected chi connectivity index (χ4v) is 4.17. The van der Waals surface area contributed by atoms with Crippen molar-refractivity contribution in [3.63, 3.8) is 0 Å². The number of ether oxygens (including phenoxy) is 1. The van der Waals surface area contributed by atoms with Gasteiger partial charge in [-0.15, -0.1) is 0 Å². The van der Waals surface area contributed by atoms with Crippen molar-refractivity contribution in [3.05, 3.63) is 114 Å². The highest BCUT2D eigenvalue weighted by Crippen LogP contribution is 2.34. The number of allylic oxidation sites excluding steroid dienone is 1. The van der Waals surface area contributed by atoms with E-state index < -0.39 is 18.1 Å². The Kier molecular flexibility index (Phi) is 8.92. The Morgan fingerprint density at radius 3 is 2.33 bits per heavy atom. The van der Waals surface area contributed by atoms with Crippen molar-refractivity contribution >= 4 is 40.1 Å². The van der Waals surface area contributed by atoms with Crippen molar-refractivity contribution in [1.82, 2.24) is 5.32 Å². The van der Waals surface area contributed by atoms with E-state index in [1.54, 1.807) is 78.9 Å². The second kappa shape index (κ2) is 12.9. The number of nitrogens with two attached hydrogens (primary N) is 1. The molecule has 0 aliphatic carbocycles. The number of unbranched alkanes of at least 4 members (excludes halogenated alkanes) is 1. The van der Waals surface area contributed by atoms with E-state index in [4.69, 9.17) is 10.5 Å². The Morgan fingerprint density at radius 1 is 0.872 bits per heavy atom. The third-order valence-electron chi connectivity index (χ3n) is 6.11. The smallest absolute Gasteiger partial charge is 0.414 e. The number of amides is 3. The maximum absolute atomic E-state index is 12.7. The lowest BCUT2D eigenvalue weighted by Crippen LogP contribution is -2.32. The standard InChI is InChI=1S/C31H29N3O5/c32-25-15-9-10-16-26(25)33-29(36)18-6-2-5-17-28(24-19-20-27(35)23-14-8-7-13-22(23)24)39-31(38)34-30(37)21-11-3-1-4-12-21/h1,3-4,6-16,18-20,28,35H,2,5,17,32H2,(H,33,36)(H,34,37,38)/b18-6+/t28-/m1/s1. The maximum Gasteiger partial charge on any atom is 0.414 e. The lowest BCUT2D eigenvalue weighted by molar-refractivity contribution is -0.111. The van der Waals surface area contributed by atoms with Crippen LogP contribution in [0.4, 0.5) is 16.2 Å². The van der Waals surface area contributed by atoms with E-state index in [1.807, 2.05) is 18.2 Å². The summed E-state index contributed by atoms with van der Waals surface area (Å²) in [6.07, 6.45) is 3.13. The number of hydrogen-bond acceptors (Lipinski definition) is 6. The topological polar surface area (TPSA) is 131 Å². The Morgan fingerprint density at radius 2 is 1.56 bits per heavy atom. The lowest BCUT2D eigenvalue weighted by Gasteiger charge is -2.20. The number of para-hydroxylation sites is 2. The molecule has 0 aliphatic rings. The molecule has 0 radical (unpaired) electrons. The van der Waals surface area contributed by atoms with Gasteiger partial charge in [-0.2, -0.15) is 0 Å². The zero-order valence-electron chi connectivity index (χ0n) is 21.2. The second-order valence-corrected chi connectivity index (χ2v) is 8.84. The molecule has 0 heterocycles. The van der Waals surface area contributed by atoms with Crippen LogP contribution in [0, 0.1) is 0 Å². The number of nitrogens with one attached hydrogen (secondary N) is 2. The van der Waals surface area contributed by atoms with Gasteiger partial charge in [0.1, 0.15) is 11.9 Å². The van der Waals surface area contributed by atoms with Crippen molar-refractivity contribution in [2.45, 2.75) is 25.4 Å². The predicted molar refractivity (Wildman–Crippen MR) is 151 cm³/mol. The van der Waals surface area contributed by atoms with Gasteiger partial charge in [0.2, 0.25) is 5.91 Å². The molecular formula is C31H29N3O5. The van der Waals surface area contributed by atoms with Gasteiger partial charge in [0.05, 0.1) is 11.4 Å². The van der Waals surface area contributed by atoms with Crippen LogP contribution in [-0.4, -0.2) is 23.0 Å².